The van der Waals surface area contributed by atoms with Crippen LogP contribution in [0.2, 0.25) is 0 Å². The lowest BCUT2D eigenvalue weighted by atomic mass is 10.2. The SMILES string of the molecule is CS(=O)(=O)c1ccc(O)c(N2CC(S(=O)(=O)F)CC2=O)c1. The Bertz CT molecular complexity index is 802. The van der Waals surface area contributed by atoms with E-state index in [4.69, 9.17) is 0 Å². The van der Waals surface area contributed by atoms with Gasteiger partial charge < -0.3 is 10.0 Å². The normalized spacial score (nSPS) is 20.0. The maximum Gasteiger partial charge on any atom is 0.307 e. The van der Waals surface area contributed by atoms with Gasteiger partial charge in [0.05, 0.1) is 10.6 Å². The highest BCUT2D eigenvalue weighted by Gasteiger charge is 2.40. The third-order valence-corrected chi connectivity index (χ3v) is 5.38. The second-order valence-electron chi connectivity index (χ2n) is 4.73. The van der Waals surface area contributed by atoms with Gasteiger partial charge in [-0.25, -0.2) is 8.42 Å². The summed E-state index contributed by atoms with van der Waals surface area (Å²) in [6, 6.07) is 3.28. The van der Waals surface area contributed by atoms with Gasteiger partial charge in [0.2, 0.25) is 5.91 Å². The van der Waals surface area contributed by atoms with Crippen molar-refractivity contribution in [1.29, 1.82) is 0 Å². The molecule has 0 bridgehead atoms. The highest BCUT2D eigenvalue weighted by atomic mass is 32.3. The van der Waals surface area contributed by atoms with E-state index in [1.807, 2.05) is 0 Å². The number of rotatable bonds is 3. The summed E-state index contributed by atoms with van der Waals surface area (Å²) < 4.78 is 57.6. The number of nitrogens with zero attached hydrogens (tertiary/aromatic N) is 1. The second-order valence-corrected chi connectivity index (χ2v) is 8.36. The van der Waals surface area contributed by atoms with E-state index in [0.29, 0.717) is 0 Å². The zero-order valence-corrected chi connectivity index (χ0v) is 12.5. The van der Waals surface area contributed by atoms with Gasteiger partial charge >= 0.3 is 10.2 Å². The molecule has 1 aliphatic rings. The highest BCUT2D eigenvalue weighted by Crippen LogP contribution is 2.34. The molecule has 1 aromatic rings. The maximum atomic E-state index is 13.0. The van der Waals surface area contributed by atoms with Crippen molar-refractivity contribution in [2.45, 2.75) is 16.6 Å². The average molecular weight is 337 g/mol. The van der Waals surface area contributed by atoms with E-state index in [0.717, 1.165) is 29.4 Å². The van der Waals surface area contributed by atoms with Gasteiger partial charge in [-0.2, -0.15) is 8.42 Å². The fourth-order valence-corrected chi connectivity index (χ4v) is 3.36. The minimum Gasteiger partial charge on any atom is -0.506 e. The van der Waals surface area contributed by atoms with E-state index >= 15 is 0 Å². The smallest absolute Gasteiger partial charge is 0.307 e. The van der Waals surface area contributed by atoms with Crippen molar-refractivity contribution in [3.63, 3.8) is 0 Å². The van der Waals surface area contributed by atoms with Gasteiger partial charge in [0.1, 0.15) is 11.0 Å². The van der Waals surface area contributed by atoms with Gasteiger partial charge in [-0.1, -0.05) is 0 Å². The first-order chi connectivity index (χ1) is 9.50. The van der Waals surface area contributed by atoms with Crippen LogP contribution in [0.3, 0.4) is 0 Å². The lowest BCUT2D eigenvalue weighted by Crippen LogP contribution is -2.27. The standard InChI is InChI=1S/C11H12FNO6S2/c1-20(16,17)7-2-3-10(14)9(4-7)13-6-8(5-11(13)15)21(12,18)19/h2-4,8,14H,5-6H2,1H3. The van der Waals surface area contributed by atoms with Crippen molar-refractivity contribution in [1.82, 2.24) is 0 Å². The first-order valence-corrected chi connectivity index (χ1v) is 9.11. The molecule has 0 spiro atoms. The number of aromatic hydroxyl groups is 1. The molecule has 10 heteroatoms. The number of anilines is 1. The molecule has 0 saturated carbocycles. The fraction of sp³-hybridized carbons (Fsp3) is 0.364. The summed E-state index contributed by atoms with van der Waals surface area (Å²) in [6.45, 7) is -0.474. The Kier molecular flexibility index (Phi) is 3.70. The Hall–Kier alpha value is -1.68. The molecule has 1 N–H and O–H groups in total. The molecule has 21 heavy (non-hydrogen) atoms. The molecule has 1 aromatic carbocycles. The van der Waals surface area contributed by atoms with E-state index in [-0.39, 0.29) is 10.6 Å². The predicted molar refractivity (Wildman–Crippen MR) is 72.0 cm³/mol. The average Bonchev–Trinajstić information content (AvgIpc) is 2.70. The van der Waals surface area contributed by atoms with Crippen LogP contribution in [-0.4, -0.2) is 45.9 Å². The van der Waals surface area contributed by atoms with Gasteiger partial charge in [-0.05, 0) is 18.2 Å². The molecule has 1 fully saturated rings. The molecule has 1 aliphatic heterocycles. The largest absolute Gasteiger partial charge is 0.506 e. The van der Waals surface area contributed by atoms with Crippen molar-refractivity contribution in [3.05, 3.63) is 18.2 Å². The van der Waals surface area contributed by atoms with E-state index in [9.17, 15) is 30.6 Å². The van der Waals surface area contributed by atoms with Crippen molar-refractivity contribution >= 4 is 31.7 Å². The summed E-state index contributed by atoms with van der Waals surface area (Å²) in [5, 5.41) is 8.21. The third-order valence-electron chi connectivity index (χ3n) is 3.15. The zero-order chi connectivity index (χ0) is 16.0. The van der Waals surface area contributed by atoms with Crippen LogP contribution in [0, 0.1) is 0 Å². The first kappa shape index (κ1) is 15.7. The number of sulfone groups is 1. The van der Waals surface area contributed by atoms with Gasteiger partial charge in [-0.15, -0.1) is 3.89 Å². The fourth-order valence-electron chi connectivity index (χ4n) is 2.05. The van der Waals surface area contributed by atoms with Crippen molar-refractivity contribution in [2.24, 2.45) is 0 Å². The molecule has 1 amide bonds. The number of benzene rings is 1. The Labute approximate surface area is 121 Å². The minimum absolute atomic E-state index is 0.144. The van der Waals surface area contributed by atoms with Crippen LogP contribution >= 0.6 is 0 Å². The zero-order valence-electron chi connectivity index (χ0n) is 10.9. The summed E-state index contributed by atoms with van der Waals surface area (Å²) in [4.78, 5) is 12.5. The molecular weight excluding hydrogens is 325 g/mol. The molecule has 0 aliphatic carbocycles. The van der Waals surface area contributed by atoms with Crippen LogP contribution in [0.15, 0.2) is 23.1 Å². The van der Waals surface area contributed by atoms with Crippen LogP contribution in [0.25, 0.3) is 0 Å². The number of halogens is 1. The third kappa shape index (κ3) is 3.16. The van der Waals surface area contributed by atoms with Crippen LogP contribution in [-0.2, 0) is 24.9 Å². The van der Waals surface area contributed by atoms with Gasteiger partial charge in [0.25, 0.3) is 0 Å². The lowest BCUT2D eigenvalue weighted by molar-refractivity contribution is -0.117. The van der Waals surface area contributed by atoms with Crippen molar-refractivity contribution in [2.75, 3.05) is 17.7 Å². The molecule has 1 atom stereocenters. The molecule has 1 saturated heterocycles. The summed E-state index contributed by atoms with van der Waals surface area (Å²) >= 11 is 0. The number of carbonyl (C=O) groups excluding carboxylic acids is 1. The number of phenols is 1. The second kappa shape index (κ2) is 4.95. The van der Waals surface area contributed by atoms with Gasteiger partial charge in [0.15, 0.2) is 9.84 Å². The van der Waals surface area contributed by atoms with Gasteiger partial charge in [0, 0.05) is 19.2 Å². The molecule has 0 aromatic heterocycles. The molecule has 7 nitrogen and oxygen atoms in total. The van der Waals surface area contributed by atoms with E-state index < -0.39 is 49.9 Å². The number of phenolic OH excluding ortho intramolecular Hbond substituents is 1. The Morgan fingerprint density at radius 3 is 2.38 bits per heavy atom. The predicted octanol–water partition coefficient (Wildman–Crippen LogP) is 0.200. The highest BCUT2D eigenvalue weighted by molar-refractivity contribution is 7.90. The maximum absolute atomic E-state index is 13.0. The topological polar surface area (TPSA) is 109 Å². The summed E-state index contributed by atoms with van der Waals surface area (Å²) in [7, 11) is -8.46. The van der Waals surface area contributed by atoms with Crippen LogP contribution in [0.1, 0.15) is 6.42 Å². The molecule has 0 radical (unpaired) electrons. The molecule has 1 heterocycles. The summed E-state index contributed by atoms with van der Waals surface area (Å²) in [5.74, 6) is -1.10. The lowest BCUT2D eigenvalue weighted by Gasteiger charge is -2.18. The molecular formula is C11H12FNO6S2. The minimum atomic E-state index is -4.89. The number of amides is 1. The number of hydrogen-bond acceptors (Lipinski definition) is 6. The summed E-state index contributed by atoms with van der Waals surface area (Å²) in [5.41, 5.74) is -0.158. The molecule has 1 unspecified atom stereocenters. The molecule has 116 valence electrons. The van der Waals surface area contributed by atoms with E-state index in [2.05, 4.69) is 0 Å². The molecule has 2 rings (SSSR count). The first-order valence-electron chi connectivity index (χ1n) is 5.77. The van der Waals surface area contributed by atoms with Crippen molar-refractivity contribution in [3.8, 4) is 5.75 Å². The summed E-state index contributed by atoms with van der Waals surface area (Å²) in [6.07, 6.45) is 0.394. The number of hydrogen-bond donors (Lipinski definition) is 1. The monoisotopic (exact) mass is 337 g/mol. The van der Waals surface area contributed by atoms with Crippen LogP contribution in [0.4, 0.5) is 9.57 Å². The van der Waals surface area contributed by atoms with E-state index in [1.54, 1.807) is 0 Å². The van der Waals surface area contributed by atoms with Crippen LogP contribution < -0.4 is 4.90 Å². The quantitative estimate of drug-likeness (QED) is 0.789. The van der Waals surface area contributed by atoms with Crippen molar-refractivity contribution < 1.29 is 30.6 Å². The van der Waals surface area contributed by atoms with Gasteiger partial charge in [-0.3, -0.25) is 4.79 Å². The van der Waals surface area contributed by atoms with Crippen LogP contribution in [0.5, 0.6) is 5.75 Å². The Morgan fingerprint density at radius 1 is 1.29 bits per heavy atom. The Morgan fingerprint density at radius 2 is 1.90 bits per heavy atom. The number of carbonyl (C=O) groups is 1. The Balaban J connectivity index is 2.46. The van der Waals surface area contributed by atoms with E-state index in [1.165, 1.54) is 0 Å².